The molecule has 0 aromatic heterocycles. The Bertz CT molecular complexity index is 519. The first-order valence-corrected chi connectivity index (χ1v) is 8.45. The molecule has 1 N–H and O–H groups in total. The normalized spacial score (nSPS) is 19.9. The molecule has 1 aliphatic heterocycles. The quantitative estimate of drug-likeness (QED) is 0.921. The van der Waals surface area contributed by atoms with Crippen molar-refractivity contribution in [2.45, 2.75) is 25.4 Å². The molecule has 0 spiro atoms. The van der Waals surface area contributed by atoms with E-state index in [1.807, 2.05) is 0 Å². The van der Waals surface area contributed by atoms with E-state index in [1.165, 1.54) is 12.1 Å². The van der Waals surface area contributed by atoms with Gasteiger partial charge in [0, 0.05) is 17.1 Å². The van der Waals surface area contributed by atoms with Crippen LogP contribution >= 0.6 is 15.9 Å². The molecule has 2 rings (SSSR count). The summed E-state index contributed by atoms with van der Waals surface area (Å²) in [5.41, 5.74) is 0.850. The van der Waals surface area contributed by atoms with Crippen LogP contribution in [-0.4, -0.2) is 26.0 Å². The van der Waals surface area contributed by atoms with Crippen LogP contribution in [0.15, 0.2) is 22.7 Å². The molecule has 1 saturated heterocycles. The average Bonchev–Trinajstić information content (AvgIpc) is 2.32. The summed E-state index contributed by atoms with van der Waals surface area (Å²) in [6.45, 7) is 0.545. The highest BCUT2D eigenvalue weighted by atomic mass is 79.9. The number of hydrogen-bond donors (Lipinski definition) is 1. The molecular weight excluding hydrogens is 321 g/mol. The van der Waals surface area contributed by atoms with Crippen LogP contribution in [0.5, 0.6) is 0 Å². The minimum absolute atomic E-state index is 0.198. The Kier molecular flexibility index (Phi) is 4.40. The van der Waals surface area contributed by atoms with E-state index in [9.17, 15) is 12.8 Å². The van der Waals surface area contributed by atoms with Gasteiger partial charge in [0.2, 0.25) is 0 Å². The molecule has 0 saturated carbocycles. The van der Waals surface area contributed by atoms with Crippen molar-refractivity contribution in [1.82, 2.24) is 5.32 Å². The summed E-state index contributed by atoms with van der Waals surface area (Å²) in [5.74, 6) is 0.227. The molecule has 6 heteroatoms. The van der Waals surface area contributed by atoms with Crippen molar-refractivity contribution in [3.63, 3.8) is 0 Å². The lowest BCUT2D eigenvalue weighted by molar-refractivity contribution is 0.462. The van der Waals surface area contributed by atoms with Crippen LogP contribution in [0, 0.1) is 5.82 Å². The molecule has 0 amide bonds. The zero-order valence-electron chi connectivity index (χ0n) is 9.83. The SMILES string of the molecule is O=S1(=O)CCC(NCc2cc(F)ccc2Br)CC1. The standard InChI is InChI=1S/C12H15BrFNO2S/c13-12-2-1-10(14)7-9(12)8-15-11-3-5-18(16,17)6-4-11/h1-2,7,11,15H,3-6,8H2. The molecule has 1 aromatic rings. The minimum Gasteiger partial charge on any atom is -0.310 e. The minimum atomic E-state index is -2.82. The van der Waals surface area contributed by atoms with Crippen molar-refractivity contribution in [3.8, 4) is 0 Å². The summed E-state index contributed by atoms with van der Waals surface area (Å²) in [4.78, 5) is 0. The Morgan fingerprint density at radius 2 is 2.00 bits per heavy atom. The number of hydrogen-bond acceptors (Lipinski definition) is 3. The summed E-state index contributed by atoms with van der Waals surface area (Å²) < 4.78 is 36.5. The summed E-state index contributed by atoms with van der Waals surface area (Å²) in [6, 6.07) is 4.76. The number of sulfone groups is 1. The third-order valence-electron chi connectivity index (χ3n) is 3.14. The Balaban J connectivity index is 1.90. The second-order valence-electron chi connectivity index (χ2n) is 4.54. The Hall–Kier alpha value is -0.460. The van der Waals surface area contributed by atoms with Crippen LogP contribution in [0.1, 0.15) is 18.4 Å². The lowest BCUT2D eigenvalue weighted by Crippen LogP contribution is -2.37. The van der Waals surface area contributed by atoms with Gasteiger partial charge in [0.15, 0.2) is 0 Å². The topological polar surface area (TPSA) is 46.2 Å². The molecule has 18 heavy (non-hydrogen) atoms. The van der Waals surface area contributed by atoms with Crippen LogP contribution in [0.3, 0.4) is 0 Å². The van der Waals surface area contributed by atoms with E-state index in [4.69, 9.17) is 0 Å². The zero-order chi connectivity index (χ0) is 13.2. The fourth-order valence-electron chi connectivity index (χ4n) is 2.03. The van der Waals surface area contributed by atoms with Gasteiger partial charge in [0.25, 0.3) is 0 Å². The molecule has 0 radical (unpaired) electrons. The molecule has 100 valence electrons. The predicted molar refractivity (Wildman–Crippen MR) is 72.6 cm³/mol. The van der Waals surface area contributed by atoms with E-state index >= 15 is 0 Å². The zero-order valence-corrected chi connectivity index (χ0v) is 12.2. The van der Waals surface area contributed by atoms with Crippen LogP contribution in [0.4, 0.5) is 4.39 Å². The van der Waals surface area contributed by atoms with E-state index in [0.29, 0.717) is 19.4 Å². The Morgan fingerprint density at radius 3 is 2.67 bits per heavy atom. The molecule has 1 aromatic carbocycles. The first-order valence-electron chi connectivity index (χ1n) is 5.84. The first-order chi connectivity index (χ1) is 8.46. The van der Waals surface area contributed by atoms with Gasteiger partial charge in [-0.15, -0.1) is 0 Å². The van der Waals surface area contributed by atoms with Crippen molar-refractivity contribution >= 4 is 25.8 Å². The Morgan fingerprint density at radius 1 is 1.33 bits per heavy atom. The monoisotopic (exact) mass is 335 g/mol. The molecule has 0 bridgehead atoms. The van der Waals surface area contributed by atoms with Crippen molar-refractivity contribution in [1.29, 1.82) is 0 Å². The van der Waals surface area contributed by atoms with Gasteiger partial charge in [-0.3, -0.25) is 0 Å². The van der Waals surface area contributed by atoms with Crippen molar-refractivity contribution in [3.05, 3.63) is 34.1 Å². The van der Waals surface area contributed by atoms with Gasteiger partial charge in [-0.05, 0) is 36.6 Å². The fourth-order valence-corrected chi connectivity index (χ4v) is 3.91. The maximum atomic E-state index is 13.1. The average molecular weight is 336 g/mol. The highest BCUT2D eigenvalue weighted by molar-refractivity contribution is 9.10. The van der Waals surface area contributed by atoms with Gasteiger partial charge in [-0.25, -0.2) is 12.8 Å². The number of halogens is 2. The van der Waals surface area contributed by atoms with Gasteiger partial charge in [0.1, 0.15) is 15.7 Å². The van der Waals surface area contributed by atoms with Crippen LogP contribution < -0.4 is 5.32 Å². The molecule has 1 heterocycles. The maximum Gasteiger partial charge on any atom is 0.150 e. The van der Waals surface area contributed by atoms with Crippen molar-refractivity contribution in [2.24, 2.45) is 0 Å². The van der Waals surface area contributed by atoms with Gasteiger partial charge < -0.3 is 5.32 Å². The van der Waals surface area contributed by atoms with E-state index < -0.39 is 9.84 Å². The van der Waals surface area contributed by atoms with Crippen molar-refractivity contribution in [2.75, 3.05) is 11.5 Å². The van der Waals surface area contributed by atoms with Gasteiger partial charge in [0.05, 0.1) is 11.5 Å². The molecule has 1 fully saturated rings. The molecule has 0 atom stereocenters. The third-order valence-corrected chi connectivity index (χ3v) is 5.63. The molecular formula is C12H15BrFNO2S. The van der Waals surface area contributed by atoms with E-state index in [-0.39, 0.29) is 23.4 Å². The highest BCUT2D eigenvalue weighted by Gasteiger charge is 2.23. The summed E-state index contributed by atoms with van der Waals surface area (Å²) >= 11 is 3.37. The fraction of sp³-hybridized carbons (Fsp3) is 0.500. The summed E-state index contributed by atoms with van der Waals surface area (Å²) in [7, 11) is -2.82. The Labute approximate surface area is 115 Å². The maximum absolute atomic E-state index is 13.1. The summed E-state index contributed by atoms with van der Waals surface area (Å²) in [5, 5.41) is 3.28. The van der Waals surface area contributed by atoms with Gasteiger partial charge in [-0.1, -0.05) is 15.9 Å². The second kappa shape index (κ2) is 5.67. The number of benzene rings is 1. The molecule has 3 nitrogen and oxygen atoms in total. The van der Waals surface area contributed by atoms with Crippen molar-refractivity contribution < 1.29 is 12.8 Å². The first kappa shape index (κ1) is 14.0. The smallest absolute Gasteiger partial charge is 0.150 e. The van der Waals surface area contributed by atoms with Crippen LogP contribution in [-0.2, 0) is 16.4 Å². The van der Waals surface area contributed by atoms with E-state index in [0.717, 1.165) is 10.0 Å². The summed E-state index contributed by atoms with van der Waals surface area (Å²) in [6.07, 6.45) is 1.27. The predicted octanol–water partition coefficient (Wildman–Crippen LogP) is 2.26. The number of nitrogens with one attached hydrogen (secondary N) is 1. The van der Waals surface area contributed by atoms with Gasteiger partial charge >= 0.3 is 0 Å². The second-order valence-corrected chi connectivity index (χ2v) is 7.70. The van der Waals surface area contributed by atoms with E-state index in [2.05, 4.69) is 21.2 Å². The van der Waals surface area contributed by atoms with Crippen LogP contribution in [0.25, 0.3) is 0 Å². The molecule has 1 aliphatic rings. The largest absolute Gasteiger partial charge is 0.310 e. The van der Waals surface area contributed by atoms with Gasteiger partial charge in [-0.2, -0.15) is 0 Å². The lowest BCUT2D eigenvalue weighted by atomic mass is 10.1. The third kappa shape index (κ3) is 3.76. The molecule has 0 aliphatic carbocycles. The number of rotatable bonds is 3. The van der Waals surface area contributed by atoms with Crippen LogP contribution in [0.2, 0.25) is 0 Å². The highest BCUT2D eigenvalue weighted by Crippen LogP contribution is 2.19. The lowest BCUT2D eigenvalue weighted by Gasteiger charge is -2.23. The van der Waals surface area contributed by atoms with E-state index in [1.54, 1.807) is 6.07 Å². The molecule has 0 unspecified atom stereocenters.